The summed E-state index contributed by atoms with van der Waals surface area (Å²) in [6, 6.07) is 14.0. The van der Waals surface area contributed by atoms with E-state index < -0.39 is 91.1 Å². The average molecular weight is 674 g/mol. The van der Waals surface area contributed by atoms with Crippen LogP contribution in [-0.4, -0.2) is 84.3 Å². The molecule has 1 fully saturated rings. The number of anilines is 1. The lowest BCUT2D eigenvalue weighted by Gasteiger charge is -2.44. The lowest BCUT2D eigenvalue weighted by molar-refractivity contribution is -0.252. The highest BCUT2D eigenvalue weighted by atomic mass is 35.5. The molecular formula is C33H36ClNO12. The monoisotopic (exact) mass is 673 g/mol. The van der Waals surface area contributed by atoms with E-state index in [-0.39, 0.29) is 17.1 Å². The van der Waals surface area contributed by atoms with Crippen molar-refractivity contribution in [3.63, 3.8) is 0 Å². The molecule has 0 aromatic heterocycles. The first-order valence-electron chi connectivity index (χ1n) is 14.9. The van der Waals surface area contributed by atoms with Gasteiger partial charge in [0.25, 0.3) is 5.91 Å². The Bertz CT molecular complexity index is 1530. The second kappa shape index (κ2) is 15.1. The summed E-state index contributed by atoms with van der Waals surface area (Å²) in [5, 5.41) is 12.1. The number of carbonyl (C=O) groups is 6. The number of nitrogens with zero attached hydrogens (tertiary/aromatic N) is 1. The van der Waals surface area contributed by atoms with Crippen molar-refractivity contribution in [2.45, 2.75) is 83.1 Å². The molecule has 0 spiro atoms. The number of rotatable bonds is 12. The molecule has 4 rings (SSSR count). The highest BCUT2D eigenvalue weighted by molar-refractivity contribution is 6.31. The predicted molar refractivity (Wildman–Crippen MR) is 164 cm³/mol. The quantitative estimate of drug-likeness (QED) is 0.258. The van der Waals surface area contributed by atoms with E-state index in [1.807, 2.05) is 30.3 Å². The van der Waals surface area contributed by atoms with Gasteiger partial charge in [-0.1, -0.05) is 41.9 Å². The molecule has 0 radical (unpaired) electrons. The molecule has 47 heavy (non-hydrogen) atoms. The Morgan fingerprint density at radius 1 is 0.851 bits per heavy atom. The van der Waals surface area contributed by atoms with Gasteiger partial charge in [-0.3, -0.25) is 28.8 Å². The van der Waals surface area contributed by atoms with Crippen molar-refractivity contribution in [2.24, 2.45) is 0 Å². The second-order valence-corrected chi connectivity index (χ2v) is 11.8. The first kappa shape index (κ1) is 35.5. The average Bonchev–Trinajstić information content (AvgIpc) is 3.18. The van der Waals surface area contributed by atoms with Crippen LogP contribution in [0.3, 0.4) is 0 Å². The van der Waals surface area contributed by atoms with E-state index in [0.29, 0.717) is 12.1 Å². The number of benzene rings is 2. The predicted octanol–water partition coefficient (Wildman–Crippen LogP) is 2.59. The second-order valence-electron chi connectivity index (χ2n) is 11.4. The third-order valence-electron chi connectivity index (χ3n) is 7.73. The molecule has 0 aliphatic carbocycles. The fourth-order valence-corrected chi connectivity index (χ4v) is 6.04. The first-order valence-corrected chi connectivity index (χ1v) is 15.3. The fourth-order valence-electron chi connectivity index (χ4n) is 5.87. The van der Waals surface area contributed by atoms with Gasteiger partial charge in [0.05, 0.1) is 5.69 Å². The number of ether oxygens (including phenoxy) is 5. The van der Waals surface area contributed by atoms with Gasteiger partial charge in [-0.25, -0.2) is 0 Å². The maximum absolute atomic E-state index is 13.8. The molecule has 2 aliphatic rings. The minimum absolute atomic E-state index is 0.151. The Morgan fingerprint density at radius 2 is 1.45 bits per heavy atom. The maximum Gasteiger partial charge on any atom is 0.303 e. The molecule has 2 aromatic rings. The molecule has 0 bridgehead atoms. The Morgan fingerprint density at radius 3 is 2.04 bits per heavy atom. The molecule has 2 aromatic carbocycles. The van der Waals surface area contributed by atoms with Crippen molar-refractivity contribution >= 4 is 52.9 Å². The fraction of sp³-hybridized carbons (Fsp3) is 0.455. The van der Waals surface area contributed by atoms with Crippen molar-refractivity contribution in [3.8, 4) is 0 Å². The number of halogens is 1. The maximum atomic E-state index is 13.8. The number of hydrogen-bond acceptors (Lipinski definition) is 12. The smallest absolute Gasteiger partial charge is 0.303 e. The number of hydrogen-bond donors (Lipinski definition) is 1. The van der Waals surface area contributed by atoms with Crippen LogP contribution >= 0.6 is 11.6 Å². The minimum atomic E-state index is -2.29. The molecule has 1 saturated heterocycles. The van der Waals surface area contributed by atoms with Gasteiger partial charge >= 0.3 is 23.9 Å². The molecule has 1 unspecified atom stereocenters. The molecular weight excluding hydrogens is 638 g/mol. The van der Waals surface area contributed by atoms with Gasteiger partial charge in [0, 0.05) is 57.7 Å². The number of fused-ring (bicyclic) bond motifs is 1. The molecule has 13 nitrogen and oxygen atoms in total. The molecule has 1 N–H and O–H groups in total. The highest BCUT2D eigenvalue weighted by Gasteiger charge is 2.54. The third kappa shape index (κ3) is 8.53. The van der Waals surface area contributed by atoms with E-state index in [9.17, 15) is 33.9 Å². The summed E-state index contributed by atoms with van der Waals surface area (Å²) in [5.74, 6) is -4.54. The van der Waals surface area contributed by atoms with Gasteiger partial charge < -0.3 is 33.7 Å². The highest BCUT2D eigenvalue weighted by Crippen LogP contribution is 2.44. The number of carbonyl (C=O) groups excluding carboxylic acids is 6. The van der Waals surface area contributed by atoms with Crippen molar-refractivity contribution in [1.82, 2.24) is 0 Å². The van der Waals surface area contributed by atoms with Crippen LogP contribution in [0.1, 0.15) is 51.7 Å². The lowest BCUT2D eigenvalue weighted by Crippen LogP contribution is -2.62. The van der Waals surface area contributed by atoms with Crippen LogP contribution < -0.4 is 4.90 Å². The first-order chi connectivity index (χ1) is 22.2. The molecule has 252 valence electrons. The van der Waals surface area contributed by atoms with Crippen LogP contribution in [0.15, 0.2) is 48.5 Å². The largest absolute Gasteiger partial charge is 0.463 e. The number of ketones is 1. The third-order valence-corrected chi connectivity index (χ3v) is 7.96. The standard InChI is InChI=1S/C33H36ClNO12/c1-18(36)43-17-28-30(45-20(3)38)31(46-21(4)39)29(44-19(2)37)27(47-28)15-24(40)16-33(42)25-14-23(34)10-11-26(25)35(32(33)41)13-12-22-8-6-5-7-9-22/h5-11,14,27-31,42H,12-13,15-17H2,1-4H3/t27-,28+,29-,30+,31+,33?/m0/s1. The Hall–Kier alpha value is -4.33. The molecule has 1 amide bonds. The molecule has 2 aliphatic heterocycles. The Labute approximate surface area is 276 Å². The van der Waals surface area contributed by atoms with Crippen molar-refractivity contribution in [1.29, 1.82) is 0 Å². The topological polar surface area (TPSA) is 172 Å². The van der Waals surface area contributed by atoms with Gasteiger partial charge in [-0.15, -0.1) is 0 Å². The summed E-state index contributed by atoms with van der Waals surface area (Å²) in [6.45, 7) is 4.15. The van der Waals surface area contributed by atoms with E-state index in [1.54, 1.807) is 12.1 Å². The lowest BCUT2D eigenvalue weighted by atomic mass is 9.86. The zero-order valence-electron chi connectivity index (χ0n) is 26.3. The summed E-state index contributed by atoms with van der Waals surface area (Å²) in [7, 11) is 0. The van der Waals surface area contributed by atoms with Crippen molar-refractivity contribution in [3.05, 3.63) is 64.7 Å². The van der Waals surface area contributed by atoms with Gasteiger partial charge in [0.1, 0.15) is 24.6 Å². The summed E-state index contributed by atoms with van der Waals surface area (Å²) in [6.07, 6.45) is -7.67. The normalized spacial score (nSPS) is 25.0. The van der Waals surface area contributed by atoms with Crippen LogP contribution in [0.2, 0.25) is 5.02 Å². The zero-order chi connectivity index (χ0) is 34.5. The van der Waals surface area contributed by atoms with Gasteiger partial charge in [0.2, 0.25) is 0 Å². The van der Waals surface area contributed by atoms with Crippen LogP contribution in [0.5, 0.6) is 0 Å². The Kier molecular flexibility index (Phi) is 11.4. The summed E-state index contributed by atoms with van der Waals surface area (Å²) >= 11 is 6.25. The van der Waals surface area contributed by atoms with Crippen LogP contribution in [-0.2, 0) is 64.5 Å². The number of Topliss-reactive ketones (excluding diaryl/α,β-unsaturated/α-hetero) is 1. The van der Waals surface area contributed by atoms with Gasteiger partial charge in [-0.05, 0) is 30.2 Å². The molecule has 6 atom stereocenters. The van der Waals surface area contributed by atoms with Gasteiger partial charge in [-0.2, -0.15) is 0 Å². The summed E-state index contributed by atoms with van der Waals surface area (Å²) < 4.78 is 27.3. The summed E-state index contributed by atoms with van der Waals surface area (Å²) in [4.78, 5) is 76.8. The number of aliphatic hydroxyl groups is 1. The van der Waals surface area contributed by atoms with Crippen LogP contribution in [0.25, 0.3) is 0 Å². The van der Waals surface area contributed by atoms with Crippen LogP contribution in [0, 0.1) is 0 Å². The van der Waals surface area contributed by atoms with E-state index in [0.717, 1.165) is 33.3 Å². The molecule has 14 heteroatoms. The summed E-state index contributed by atoms with van der Waals surface area (Å²) in [5.41, 5.74) is -0.770. The van der Waals surface area contributed by atoms with E-state index in [4.69, 9.17) is 35.3 Å². The van der Waals surface area contributed by atoms with Crippen molar-refractivity contribution < 1.29 is 57.6 Å². The van der Waals surface area contributed by atoms with Crippen LogP contribution in [0.4, 0.5) is 5.69 Å². The van der Waals surface area contributed by atoms with E-state index >= 15 is 0 Å². The zero-order valence-corrected chi connectivity index (χ0v) is 27.1. The molecule has 0 saturated carbocycles. The minimum Gasteiger partial charge on any atom is -0.463 e. The van der Waals surface area contributed by atoms with Gasteiger partial charge in [0.15, 0.2) is 23.9 Å². The van der Waals surface area contributed by atoms with Crippen molar-refractivity contribution in [2.75, 3.05) is 18.1 Å². The SMILES string of the molecule is CC(=O)OC[C@H]1O[C@@H](CC(=O)CC2(O)C(=O)N(CCc3ccccc3)c3ccc(Cl)cc32)[C@H](OC(C)=O)[C@@H](OC(C)=O)[C@@H]1OC(C)=O. The Balaban J connectivity index is 1.63. The number of amides is 1. The molecule has 2 heterocycles. The van der Waals surface area contributed by atoms with E-state index in [1.165, 1.54) is 11.0 Å². The number of esters is 4. The van der Waals surface area contributed by atoms with E-state index in [2.05, 4.69) is 0 Å².